The second-order valence-electron chi connectivity index (χ2n) is 5.37. The number of aromatic nitrogens is 1. The molecule has 2 aromatic carbocycles. The summed E-state index contributed by atoms with van der Waals surface area (Å²) in [6.07, 6.45) is 1.60. The Morgan fingerprint density at radius 3 is 2.80 bits per heavy atom. The molecule has 0 radical (unpaired) electrons. The van der Waals surface area contributed by atoms with Crippen molar-refractivity contribution < 1.29 is 18.7 Å². The van der Waals surface area contributed by atoms with E-state index in [1.165, 1.54) is 0 Å². The predicted molar refractivity (Wildman–Crippen MR) is 93.4 cm³/mol. The van der Waals surface area contributed by atoms with E-state index in [-0.39, 0.29) is 13.2 Å². The van der Waals surface area contributed by atoms with Gasteiger partial charge in [0, 0.05) is 5.56 Å². The molecule has 3 aromatic rings. The van der Waals surface area contributed by atoms with Gasteiger partial charge in [0.2, 0.25) is 5.89 Å². The van der Waals surface area contributed by atoms with Gasteiger partial charge in [-0.2, -0.15) is 0 Å². The Morgan fingerprint density at radius 1 is 1.20 bits per heavy atom. The van der Waals surface area contributed by atoms with Crippen LogP contribution < -0.4 is 4.74 Å². The topological polar surface area (TPSA) is 61.6 Å². The normalized spacial score (nSPS) is 10.5. The van der Waals surface area contributed by atoms with Crippen LogP contribution in [0, 0.1) is 6.92 Å². The Kier molecular flexibility index (Phi) is 5.36. The first-order valence-electron chi connectivity index (χ1n) is 7.66. The lowest BCUT2D eigenvalue weighted by Crippen LogP contribution is -2.15. The monoisotopic (exact) mass is 357 g/mol. The van der Waals surface area contributed by atoms with Crippen LogP contribution in [0.4, 0.5) is 0 Å². The van der Waals surface area contributed by atoms with Gasteiger partial charge in [-0.25, -0.2) is 9.78 Å². The van der Waals surface area contributed by atoms with Crippen LogP contribution in [0.5, 0.6) is 5.75 Å². The summed E-state index contributed by atoms with van der Waals surface area (Å²) >= 11 is 6.01. The van der Waals surface area contributed by atoms with Crippen molar-refractivity contribution in [3.63, 3.8) is 0 Å². The number of oxazole rings is 1. The molecule has 25 heavy (non-hydrogen) atoms. The van der Waals surface area contributed by atoms with Crippen molar-refractivity contribution >= 4 is 17.6 Å². The van der Waals surface area contributed by atoms with Gasteiger partial charge in [-0.05, 0) is 24.6 Å². The maximum Gasteiger partial charge on any atom is 0.344 e. The quantitative estimate of drug-likeness (QED) is 0.611. The van der Waals surface area contributed by atoms with Gasteiger partial charge in [0.15, 0.2) is 19.0 Å². The Labute approximate surface area is 150 Å². The van der Waals surface area contributed by atoms with E-state index in [1.54, 1.807) is 18.3 Å². The predicted octanol–water partition coefficient (Wildman–Crippen LogP) is 4.43. The van der Waals surface area contributed by atoms with E-state index in [2.05, 4.69) is 4.98 Å². The number of carbonyl (C=O) groups is 1. The lowest BCUT2D eigenvalue weighted by Gasteiger charge is -2.08. The van der Waals surface area contributed by atoms with E-state index in [1.807, 2.05) is 43.3 Å². The highest BCUT2D eigenvalue weighted by molar-refractivity contribution is 6.32. The zero-order valence-corrected chi connectivity index (χ0v) is 14.3. The van der Waals surface area contributed by atoms with E-state index in [0.29, 0.717) is 22.4 Å². The first-order valence-corrected chi connectivity index (χ1v) is 8.04. The standard InChI is InChI=1S/C19H16ClNO4/c1-13-7-8-15(20)16(9-13)23-12-19(22)24-11-18-21-10-17(25-18)14-5-3-2-4-6-14/h2-10H,11-12H2,1H3. The lowest BCUT2D eigenvalue weighted by molar-refractivity contribution is -0.148. The molecule has 0 saturated carbocycles. The van der Waals surface area contributed by atoms with Crippen LogP contribution in [-0.4, -0.2) is 17.6 Å². The van der Waals surface area contributed by atoms with Crippen molar-refractivity contribution in [1.82, 2.24) is 4.98 Å². The van der Waals surface area contributed by atoms with Crippen molar-refractivity contribution in [3.8, 4) is 17.1 Å². The molecule has 0 N–H and O–H groups in total. The minimum atomic E-state index is -0.531. The largest absolute Gasteiger partial charge is 0.480 e. The summed E-state index contributed by atoms with van der Waals surface area (Å²) in [4.78, 5) is 15.9. The van der Waals surface area contributed by atoms with Crippen LogP contribution in [0.3, 0.4) is 0 Å². The molecule has 0 saturated heterocycles. The number of carbonyl (C=O) groups excluding carboxylic acids is 1. The molecule has 3 rings (SSSR count). The third-order valence-corrected chi connectivity index (χ3v) is 3.71. The Bertz CT molecular complexity index is 861. The summed E-state index contributed by atoms with van der Waals surface area (Å²) in [6.45, 7) is 1.61. The molecule has 0 aliphatic carbocycles. The van der Waals surface area contributed by atoms with Crippen molar-refractivity contribution in [2.24, 2.45) is 0 Å². The SMILES string of the molecule is Cc1ccc(Cl)c(OCC(=O)OCc2ncc(-c3ccccc3)o2)c1. The molecule has 0 atom stereocenters. The molecule has 0 unspecified atom stereocenters. The second-order valence-corrected chi connectivity index (χ2v) is 5.77. The number of halogens is 1. The molecular formula is C19H16ClNO4. The fourth-order valence-corrected chi connectivity index (χ4v) is 2.33. The van der Waals surface area contributed by atoms with Gasteiger partial charge in [0.05, 0.1) is 11.2 Å². The van der Waals surface area contributed by atoms with E-state index in [4.69, 9.17) is 25.5 Å². The number of esters is 1. The molecule has 0 aliphatic heterocycles. The molecule has 0 aliphatic rings. The first kappa shape index (κ1) is 17.0. The average Bonchev–Trinajstić information content (AvgIpc) is 3.10. The van der Waals surface area contributed by atoms with Gasteiger partial charge in [0.1, 0.15) is 5.75 Å². The van der Waals surface area contributed by atoms with E-state index < -0.39 is 5.97 Å². The van der Waals surface area contributed by atoms with Gasteiger partial charge in [0.25, 0.3) is 0 Å². The maximum atomic E-state index is 11.8. The molecule has 1 aromatic heterocycles. The minimum absolute atomic E-state index is 0.0590. The average molecular weight is 358 g/mol. The van der Waals surface area contributed by atoms with Gasteiger partial charge in [-0.3, -0.25) is 0 Å². The second kappa shape index (κ2) is 7.85. The van der Waals surface area contributed by atoms with Gasteiger partial charge >= 0.3 is 5.97 Å². The van der Waals surface area contributed by atoms with Crippen LogP contribution in [0.1, 0.15) is 11.5 Å². The molecule has 0 fully saturated rings. The first-order chi connectivity index (χ1) is 12.1. The van der Waals surface area contributed by atoms with Gasteiger partial charge in [-0.15, -0.1) is 0 Å². The highest BCUT2D eigenvalue weighted by atomic mass is 35.5. The van der Waals surface area contributed by atoms with Crippen molar-refractivity contribution in [3.05, 3.63) is 71.2 Å². The van der Waals surface area contributed by atoms with Crippen molar-refractivity contribution in [2.75, 3.05) is 6.61 Å². The van der Waals surface area contributed by atoms with E-state index >= 15 is 0 Å². The summed E-state index contributed by atoms with van der Waals surface area (Å²) < 4.78 is 16.1. The Balaban J connectivity index is 1.51. The Morgan fingerprint density at radius 2 is 2.00 bits per heavy atom. The number of benzene rings is 2. The molecule has 6 heteroatoms. The number of ether oxygens (including phenoxy) is 2. The highest BCUT2D eigenvalue weighted by Crippen LogP contribution is 2.25. The zero-order valence-electron chi connectivity index (χ0n) is 13.6. The molecule has 0 spiro atoms. The van der Waals surface area contributed by atoms with Crippen molar-refractivity contribution in [1.29, 1.82) is 0 Å². The van der Waals surface area contributed by atoms with Crippen LogP contribution >= 0.6 is 11.6 Å². The summed E-state index contributed by atoms with van der Waals surface area (Å²) in [5, 5.41) is 0.443. The number of rotatable bonds is 6. The molecule has 0 amide bonds. The lowest BCUT2D eigenvalue weighted by atomic mass is 10.2. The van der Waals surface area contributed by atoms with Crippen LogP contribution in [-0.2, 0) is 16.1 Å². The molecule has 5 nitrogen and oxygen atoms in total. The van der Waals surface area contributed by atoms with E-state index in [9.17, 15) is 4.79 Å². The van der Waals surface area contributed by atoms with Crippen LogP contribution in [0.15, 0.2) is 59.1 Å². The van der Waals surface area contributed by atoms with Crippen LogP contribution in [0.25, 0.3) is 11.3 Å². The third kappa shape index (κ3) is 4.61. The number of hydrogen-bond donors (Lipinski definition) is 0. The maximum absolute atomic E-state index is 11.8. The summed E-state index contributed by atoms with van der Waals surface area (Å²) in [6, 6.07) is 14.9. The molecular weight excluding hydrogens is 342 g/mol. The highest BCUT2D eigenvalue weighted by Gasteiger charge is 2.11. The molecule has 1 heterocycles. The van der Waals surface area contributed by atoms with Gasteiger partial charge in [-0.1, -0.05) is 48.0 Å². The zero-order chi connectivity index (χ0) is 17.6. The Hall–Kier alpha value is -2.79. The summed E-state index contributed by atoms with van der Waals surface area (Å²) in [5.41, 5.74) is 1.89. The number of hydrogen-bond acceptors (Lipinski definition) is 5. The summed E-state index contributed by atoms with van der Waals surface area (Å²) in [5.74, 6) is 0.855. The molecule has 128 valence electrons. The van der Waals surface area contributed by atoms with Gasteiger partial charge < -0.3 is 13.9 Å². The summed E-state index contributed by atoms with van der Waals surface area (Å²) in [7, 11) is 0. The minimum Gasteiger partial charge on any atom is -0.480 e. The molecule has 0 bridgehead atoms. The van der Waals surface area contributed by atoms with Crippen molar-refractivity contribution in [2.45, 2.75) is 13.5 Å². The van der Waals surface area contributed by atoms with Crippen LogP contribution in [0.2, 0.25) is 5.02 Å². The number of nitrogens with zero attached hydrogens (tertiary/aromatic N) is 1. The van der Waals surface area contributed by atoms with E-state index in [0.717, 1.165) is 11.1 Å². The third-order valence-electron chi connectivity index (χ3n) is 3.40. The fourth-order valence-electron chi connectivity index (χ4n) is 2.15. The fraction of sp³-hybridized carbons (Fsp3) is 0.158. The smallest absolute Gasteiger partial charge is 0.344 e. The number of aryl methyl sites for hydroxylation is 1.